The highest BCUT2D eigenvalue weighted by Crippen LogP contribution is 2.29. The van der Waals surface area contributed by atoms with Crippen LogP contribution >= 0.6 is 11.8 Å². The number of rotatable bonds is 2. The number of piperidine rings is 1. The highest BCUT2D eigenvalue weighted by atomic mass is 32.2. The predicted molar refractivity (Wildman–Crippen MR) is 58.5 cm³/mol. The van der Waals surface area contributed by atoms with Crippen molar-refractivity contribution in [3.05, 3.63) is 12.4 Å². The number of nitrogens with one attached hydrogen (secondary N) is 1. The van der Waals surface area contributed by atoms with Crippen molar-refractivity contribution in [1.82, 2.24) is 15.3 Å². The first kappa shape index (κ1) is 10.9. The molecule has 2 rings (SSSR count). The summed E-state index contributed by atoms with van der Waals surface area (Å²) in [6.07, 6.45) is 3.86. The standard InChI is InChI=1S/C9H10N4O2S/c10-7-9(12-4-3-11-7)16-5-1-2-6(14)13-8(5)15/h3-5H,1-2H2,(H2,10,11)(H,13,14,15). The van der Waals surface area contributed by atoms with E-state index in [-0.39, 0.29) is 17.1 Å². The number of nitrogens with zero attached hydrogens (tertiary/aromatic N) is 2. The second kappa shape index (κ2) is 4.48. The summed E-state index contributed by atoms with van der Waals surface area (Å²) in [5, 5.41) is 2.48. The van der Waals surface area contributed by atoms with Crippen LogP contribution in [0.2, 0.25) is 0 Å². The maximum absolute atomic E-state index is 11.5. The van der Waals surface area contributed by atoms with Gasteiger partial charge in [0, 0.05) is 18.8 Å². The number of carbonyl (C=O) groups is 2. The predicted octanol–water partition coefficient (Wildman–Crippen LogP) is -0.0439. The van der Waals surface area contributed by atoms with Gasteiger partial charge >= 0.3 is 0 Å². The van der Waals surface area contributed by atoms with E-state index in [1.165, 1.54) is 24.2 Å². The van der Waals surface area contributed by atoms with E-state index in [9.17, 15) is 9.59 Å². The number of hydrogen-bond acceptors (Lipinski definition) is 6. The summed E-state index contributed by atoms with van der Waals surface area (Å²) in [7, 11) is 0. The second-order valence-corrected chi connectivity index (χ2v) is 4.50. The van der Waals surface area contributed by atoms with Crippen molar-refractivity contribution in [3.8, 4) is 0 Å². The van der Waals surface area contributed by atoms with Crippen molar-refractivity contribution >= 4 is 29.4 Å². The van der Waals surface area contributed by atoms with Crippen LogP contribution in [0.1, 0.15) is 12.8 Å². The molecule has 3 N–H and O–H groups in total. The van der Waals surface area contributed by atoms with E-state index in [0.29, 0.717) is 23.7 Å². The number of thioether (sulfide) groups is 1. The van der Waals surface area contributed by atoms with Gasteiger partial charge in [-0.3, -0.25) is 14.9 Å². The van der Waals surface area contributed by atoms with E-state index >= 15 is 0 Å². The number of nitrogen functional groups attached to an aromatic ring is 1. The van der Waals surface area contributed by atoms with Crippen molar-refractivity contribution in [2.24, 2.45) is 0 Å². The van der Waals surface area contributed by atoms with Gasteiger partial charge in [0.25, 0.3) is 0 Å². The molecule has 1 aromatic rings. The normalized spacial score (nSPS) is 20.6. The summed E-state index contributed by atoms with van der Waals surface area (Å²) in [6.45, 7) is 0. The Balaban J connectivity index is 2.08. The van der Waals surface area contributed by atoms with Gasteiger partial charge in [-0.2, -0.15) is 0 Å². The molecule has 1 saturated heterocycles. The van der Waals surface area contributed by atoms with Gasteiger partial charge in [-0.25, -0.2) is 9.97 Å². The van der Waals surface area contributed by atoms with Gasteiger partial charge in [-0.05, 0) is 6.42 Å². The molecule has 1 fully saturated rings. The van der Waals surface area contributed by atoms with Crippen LogP contribution in [-0.4, -0.2) is 27.0 Å². The third-order valence-electron chi connectivity index (χ3n) is 2.13. The Morgan fingerprint density at radius 3 is 2.81 bits per heavy atom. The molecule has 1 aromatic heterocycles. The monoisotopic (exact) mass is 238 g/mol. The Morgan fingerprint density at radius 1 is 1.38 bits per heavy atom. The van der Waals surface area contributed by atoms with Crippen LogP contribution in [0.4, 0.5) is 5.82 Å². The van der Waals surface area contributed by atoms with Crippen molar-refractivity contribution in [2.45, 2.75) is 23.1 Å². The molecule has 6 nitrogen and oxygen atoms in total. The Labute approximate surface area is 96.0 Å². The summed E-state index contributed by atoms with van der Waals surface area (Å²) < 4.78 is 0. The van der Waals surface area contributed by atoms with Crippen LogP contribution in [0.25, 0.3) is 0 Å². The van der Waals surface area contributed by atoms with Gasteiger partial charge in [0.15, 0.2) is 5.82 Å². The fourth-order valence-electron chi connectivity index (χ4n) is 1.35. The molecule has 0 aliphatic carbocycles. The van der Waals surface area contributed by atoms with Crippen LogP contribution in [0.3, 0.4) is 0 Å². The summed E-state index contributed by atoms with van der Waals surface area (Å²) in [5.74, 6) is -0.211. The molecule has 0 radical (unpaired) electrons. The van der Waals surface area contributed by atoms with E-state index in [4.69, 9.17) is 5.73 Å². The topological polar surface area (TPSA) is 98.0 Å². The number of aromatic nitrogens is 2. The number of anilines is 1. The summed E-state index contributed by atoms with van der Waals surface area (Å²) in [6, 6.07) is 0. The van der Waals surface area contributed by atoms with E-state index in [1.54, 1.807) is 0 Å². The molecule has 2 amide bonds. The minimum atomic E-state index is -0.323. The Morgan fingerprint density at radius 2 is 2.12 bits per heavy atom. The molecular formula is C9H10N4O2S. The van der Waals surface area contributed by atoms with E-state index in [1.807, 2.05) is 0 Å². The molecule has 2 heterocycles. The highest BCUT2D eigenvalue weighted by Gasteiger charge is 2.28. The second-order valence-electron chi connectivity index (χ2n) is 3.30. The van der Waals surface area contributed by atoms with Gasteiger partial charge < -0.3 is 5.73 Å². The summed E-state index contributed by atoms with van der Waals surface area (Å²) in [4.78, 5) is 30.3. The van der Waals surface area contributed by atoms with Crippen molar-refractivity contribution in [1.29, 1.82) is 0 Å². The van der Waals surface area contributed by atoms with Gasteiger partial charge in [0.05, 0.1) is 5.25 Å². The molecule has 16 heavy (non-hydrogen) atoms. The smallest absolute Gasteiger partial charge is 0.240 e. The van der Waals surface area contributed by atoms with Gasteiger partial charge in [0.2, 0.25) is 11.8 Å². The number of hydrogen-bond donors (Lipinski definition) is 2. The molecule has 1 atom stereocenters. The minimum absolute atomic E-state index is 0.228. The fourth-order valence-corrected chi connectivity index (χ4v) is 2.31. The molecule has 84 valence electrons. The number of amides is 2. The summed E-state index contributed by atoms with van der Waals surface area (Å²) in [5.41, 5.74) is 5.62. The molecule has 0 aromatic carbocycles. The maximum atomic E-state index is 11.5. The molecule has 0 spiro atoms. The van der Waals surface area contributed by atoms with Gasteiger partial charge in [-0.15, -0.1) is 0 Å². The van der Waals surface area contributed by atoms with Crippen molar-refractivity contribution in [2.75, 3.05) is 5.73 Å². The molecule has 0 bridgehead atoms. The lowest BCUT2D eigenvalue weighted by Gasteiger charge is -2.19. The molecular weight excluding hydrogens is 228 g/mol. The molecule has 1 unspecified atom stereocenters. The number of nitrogens with two attached hydrogens (primary N) is 1. The van der Waals surface area contributed by atoms with Crippen LogP contribution < -0.4 is 11.1 Å². The highest BCUT2D eigenvalue weighted by molar-refractivity contribution is 8.00. The first-order valence-corrected chi connectivity index (χ1v) is 5.61. The van der Waals surface area contributed by atoms with Gasteiger partial charge in [-0.1, -0.05) is 11.8 Å². The van der Waals surface area contributed by atoms with Crippen LogP contribution in [0, 0.1) is 0 Å². The van der Waals surface area contributed by atoms with Crippen molar-refractivity contribution < 1.29 is 9.59 Å². The van der Waals surface area contributed by atoms with Crippen molar-refractivity contribution in [3.63, 3.8) is 0 Å². The first-order chi connectivity index (χ1) is 7.66. The van der Waals surface area contributed by atoms with Crippen LogP contribution in [0.15, 0.2) is 17.4 Å². The van der Waals surface area contributed by atoms with Crippen LogP contribution in [0.5, 0.6) is 0 Å². The number of imide groups is 1. The lowest BCUT2D eigenvalue weighted by atomic mass is 10.1. The zero-order valence-electron chi connectivity index (χ0n) is 8.34. The average molecular weight is 238 g/mol. The molecule has 0 saturated carbocycles. The lowest BCUT2D eigenvalue weighted by molar-refractivity contribution is -0.132. The quantitative estimate of drug-likeness (QED) is 0.701. The Kier molecular flexibility index (Phi) is 3.04. The van der Waals surface area contributed by atoms with E-state index < -0.39 is 0 Å². The Bertz CT molecular complexity index is 437. The molecule has 1 aliphatic rings. The number of carbonyl (C=O) groups excluding carboxylic acids is 2. The minimum Gasteiger partial charge on any atom is -0.381 e. The first-order valence-electron chi connectivity index (χ1n) is 4.73. The Hall–Kier alpha value is -1.63. The molecule has 1 aliphatic heterocycles. The zero-order chi connectivity index (χ0) is 11.5. The summed E-state index contributed by atoms with van der Waals surface area (Å²) >= 11 is 1.24. The third kappa shape index (κ3) is 2.30. The fraction of sp³-hybridized carbons (Fsp3) is 0.333. The van der Waals surface area contributed by atoms with Gasteiger partial charge in [0.1, 0.15) is 5.03 Å². The zero-order valence-corrected chi connectivity index (χ0v) is 9.16. The average Bonchev–Trinajstić information content (AvgIpc) is 2.25. The largest absolute Gasteiger partial charge is 0.381 e. The lowest BCUT2D eigenvalue weighted by Crippen LogP contribution is -2.42. The SMILES string of the molecule is Nc1nccnc1SC1CCC(=O)NC1=O. The van der Waals surface area contributed by atoms with E-state index in [0.717, 1.165) is 0 Å². The van der Waals surface area contributed by atoms with E-state index in [2.05, 4.69) is 15.3 Å². The maximum Gasteiger partial charge on any atom is 0.240 e. The van der Waals surface area contributed by atoms with Crippen LogP contribution in [-0.2, 0) is 9.59 Å². The molecule has 7 heteroatoms. The third-order valence-corrected chi connectivity index (χ3v) is 3.41.